The average Bonchev–Trinajstić information content (AvgIpc) is 2.70. The standard InChI is InChI=1S/C8H5BrN2O2S/c9-5-2-10-11(3-5)6-1-7(8(12)13)14-4-6/h1-4H,(H,12,13). The van der Waals surface area contributed by atoms with E-state index >= 15 is 0 Å². The fourth-order valence-corrected chi connectivity index (χ4v) is 2.00. The monoisotopic (exact) mass is 272 g/mol. The quantitative estimate of drug-likeness (QED) is 0.914. The summed E-state index contributed by atoms with van der Waals surface area (Å²) in [5.41, 5.74) is 0.762. The third-order valence-corrected chi connectivity index (χ3v) is 2.93. The first-order chi connectivity index (χ1) is 6.66. The molecule has 0 bridgehead atoms. The molecule has 0 aliphatic heterocycles. The molecule has 6 heteroatoms. The molecule has 2 rings (SSSR count). The molecule has 0 atom stereocenters. The van der Waals surface area contributed by atoms with E-state index in [1.807, 2.05) is 0 Å². The molecule has 0 radical (unpaired) electrons. The van der Waals surface area contributed by atoms with Gasteiger partial charge in [-0.3, -0.25) is 0 Å². The van der Waals surface area contributed by atoms with Crippen molar-refractivity contribution in [1.29, 1.82) is 0 Å². The zero-order valence-corrected chi connectivity index (χ0v) is 9.25. The molecular formula is C8H5BrN2O2S. The number of nitrogens with zero attached hydrogens (tertiary/aromatic N) is 2. The van der Waals surface area contributed by atoms with Crippen LogP contribution in [0.5, 0.6) is 0 Å². The number of hydrogen-bond donors (Lipinski definition) is 1. The molecule has 2 aromatic rings. The Bertz CT molecular complexity index is 477. The second kappa shape index (κ2) is 3.55. The van der Waals surface area contributed by atoms with Crippen LogP contribution in [0.25, 0.3) is 5.69 Å². The van der Waals surface area contributed by atoms with E-state index in [-0.39, 0.29) is 0 Å². The molecule has 4 nitrogen and oxygen atoms in total. The molecule has 14 heavy (non-hydrogen) atoms. The first-order valence-corrected chi connectivity index (χ1v) is 5.36. The topological polar surface area (TPSA) is 55.1 Å². The lowest BCUT2D eigenvalue weighted by molar-refractivity contribution is 0.0702. The Kier molecular flexibility index (Phi) is 2.39. The fraction of sp³-hybridized carbons (Fsp3) is 0. The molecule has 0 aliphatic carbocycles. The van der Waals surface area contributed by atoms with E-state index in [1.165, 1.54) is 11.3 Å². The smallest absolute Gasteiger partial charge is 0.345 e. The summed E-state index contributed by atoms with van der Waals surface area (Å²) in [5, 5.41) is 14.5. The van der Waals surface area contributed by atoms with E-state index in [9.17, 15) is 4.79 Å². The molecule has 0 spiro atoms. The Morgan fingerprint density at radius 3 is 2.93 bits per heavy atom. The van der Waals surface area contributed by atoms with Gasteiger partial charge in [-0.15, -0.1) is 11.3 Å². The average molecular weight is 273 g/mol. The van der Waals surface area contributed by atoms with Gasteiger partial charge in [0.15, 0.2) is 0 Å². The summed E-state index contributed by atoms with van der Waals surface area (Å²) < 4.78 is 2.48. The van der Waals surface area contributed by atoms with Gasteiger partial charge in [-0.2, -0.15) is 5.10 Å². The summed E-state index contributed by atoms with van der Waals surface area (Å²) in [6.07, 6.45) is 3.42. The lowest BCUT2D eigenvalue weighted by Gasteiger charge is -1.93. The van der Waals surface area contributed by atoms with Crippen LogP contribution in [0, 0.1) is 0 Å². The van der Waals surface area contributed by atoms with Crippen LogP contribution < -0.4 is 0 Å². The van der Waals surface area contributed by atoms with Crippen molar-refractivity contribution in [2.24, 2.45) is 0 Å². The summed E-state index contributed by atoms with van der Waals surface area (Å²) in [5.74, 6) is -0.910. The number of carbonyl (C=O) groups is 1. The summed E-state index contributed by atoms with van der Waals surface area (Å²) in [6.45, 7) is 0. The SMILES string of the molecule is O=C(O)c1cc(-n2cc(Br)cn2)cs1. The maximum Gasteiger partial charge on any atom is 0.345 e. The molecular weight excluding hydrogens is 268 g/mol. The van der Waals surface area contributed by atoms with Crippen LogP contribution in [0.2, 0.25) is 0 Å². The minimum absolute atomic E-state index is 0.312. The fourth-order valence-electron chi connectivity index (χ4n) is 1.00. The number of aromatic nitrogens is 2. The number of hydrogen-bond acceptors (Lipinski definition) is 3. The number of rotatable bonds is 2. The maximum atomic E-state index is 10.6. The van der Waals surface area contributed by atoms with Crippen LogP contribution in [-0.2, 0) is 0 Å². The molecule has 0 saturated carbocycles. The molecule has 0 fully saturated rings. The maximum absolute atomic E-state index is 10.6. The first-order valence-electron chi connectivity index (χ1n) is 3.69. The molecule has 2 heterocycles. The number of carboxylic acids is 1. The van der Waals surface area contributed by atoms with Crippen LogP contribution in [0.3, 0.4) is 0 Å². The van der Waals surface area contributed by atoms with Gasteiger partial charge in [0.1, 0.15) is 4.88 Å². The highest BCUT2D eigenvalue weighted by Gasteiger charge is 2.08. The van der Waals surface area contributed by atoms with Crippen molar-refractivity contribution in [2.45, 2.75) is 0 Å². The molecule has 1 N–H and O–H groups in total. The van der Waals surface area contributed by atoms with Crippen molar-refractivity contribution < 1.29 is 9.90 Å². The van der Waals surface area contributed by atoms with Crippen molar-refractivity contribution in [1.82, 2.24) is 9.78 Å². The normalized spacial score (nSPS) is 10.4. The van der Waals surface area contributed by atoms with Crippen LogP contribution in [0.4, 0.5) is 0 Å². The highest BCUT2D eigenvalue weighted by atomic mass is 79.9. The Morgan fingerprint density at radius 2 is 2.43 bits per heavy atom. The Morgan fingerprint density at radius 1 is 1.64 bits per heavy atom. The van der Waals surface area contributed by atoms with Gasteiger partial charge in [0.2, 0.25) is 0 Å². The van der Waals surface area contributed by atoms with Gasteiger partial charge in [-0.1, -0.05) is 0 Å². The number of carboxylic acid groups (broad SMARTS) is 1. The molecule has 0 saturated heterocycles. The minimum Gasteiger partial charge on any atom is -0.477 e. The lowest BCUT2D eigenvalue weighted by Crippen LogP contribution is -1.93. The summed E-state index contributed by atoms with van der Waals surface area (Å²) >= 11 is 4.45. The van der Waals surface area contributed by atoms with Gasteiger partial charge in [-0.05, 0) is 22.0 Å². The van der Waals surface area contributed by atoms with Crippen molar-refractivity contribution >= 4 is 33.2 Å². The zero-order chi connectivity index (χ0) is 10.1. The molecule has 0 unspecified atom stereocenters. The lowest BCUT2D eigenvalue weighted by atomic mass is 10.4. The van der Waals surface area contributed by atoms with Crippen LogP contribution in [0.1, 0.15) is 9.67 Å². The Hall–Kier alpha value is -1.14. The van der Waals surface area contributed by atoms with E-state index in [0.717, 1.165) is 10.2 Å². The highest BCUT2D eigenvalue weighted by molar-refractivity contribution is 9.10. The van der Waals surface area contributed by atoms with Crippen LogP contribution in [-0.4, -0.2) is 20.9 Å². The minimum atomic E-state index is -0.910. The number of aromatic carboxylic acids is 1. The van der Waals surface area contributed by atoms with E-state index < -0.39 is 5.97 Å². The van der Waals surface area contributed by atoms with E-state index in [2.05, 4.69) is 21.0 Å². The van der Waals surface area contributed by atoms with E-state index in [4.69, 9.17) is 5.11 Å². The Labute approximate surface area is 91.9 Å². The van der Waals surface area contributed by atoms with Crippen molar-refractivity contribution in [3.05, 3.63) is 33.2 Å². The second-order valence-electron chi connectivity index (χ2n) is 2.58. The van der Waals surface area contributed by atoms with E-state index in [1.54, 1.807) is 28.5 Å². The van der Waals surface area contributed by atoms with Gasteiger partial charge >= 0.3 is 5.97 Å². The number of thiophene rings is 1. The van der Waals surface area contributed by atoms with E-state index in [0.29, 0.717) is 4.88 Å². The second-order valence-corrected chi connectivity index (χ2v) is 4.40. The molecule has 0 aromatic carbocycles. The molecule has 0 aliphatic rings. The third kappa shape index (κ3) is 1.71. The first kappa shape index (κ1) is 9.42. The zero-order valence-electron chi connectivity index (χ0n) is 6.85. The van der Waals surface area contributed by atoms with Crippen LogP contribution >= 0.6 is 27.3 Å². The molecule has 72 valence electrons. The van der Waals surface area contributed by atoms with Gasteiger partial charge < -0.3 is 5.11 Å². The van der Waals surface area contributed by atoms with Gasteiger partial charge in [0, 0.05) is 11.6 Å². The Balaban J connectivity index is 2.38. The van der Waals surface area contributed by atoms with Gasteiger partial charge in [0.25, 0.3) is 0 Å². The predicted octanol–water partition coefficient (Wildman–Crippen LogP) is 2.39. The summed E-state index contributed by atoms with van der Waals surface area (Å²) in [6, 6.07) is 1.59. The van der Waals surface area contributed by atoms with Crippen molar-refractivity contribution in [2.75, 3.05) is 0 Å². The van der Waals surface area contributed by atoms with Crippen molar-refractivity contribution in [3.8, 4) is 5.69 Å². The largest absolute Gasteiger partial charge is 0.477 e. The number of halogens is 1. The molecule has 0 amide bonds. The molecule has 2 aromatic heterocycles. The van der Waals surface area contributed by atoms with Gasteiger partial charge in [0.05, 0.1) is 16.4 Å². The highest BCUT2D eigenvalue weighted by Crippen LogP contribution is 2.19. The predicted molar refractivity (Wildman–Crippen MR) is 56.1 cm³/mol. The summed E-state index contributed by atoms with van der Waals surface area (Å²) in [7, 11) is 0. The van der Waals surface area contributed by atoms with Crippen LogP contribution in [0.15, 0.2) is 28.3 Å². The summed E-state index contributed by atoms with van der Waals surface area (Å²) in [4.78, 5) is 10.9. The third-order valence-electron chi connectivity index (χ3n) is 1.61. The van der Waals surface area contributed by atoms with Crippen molar-refractivity contribution in [3.63, 3.8) is 0 Å². The van der Waals surface area contributed by atoms with Gasteiger partial charge in [-0.25, -0.2) is 9.48 Å².